The number of hydrogen-bond donors (Lipinski definition) is 0. The first-order valence-corrected chi connectivity index (χ1v) is 12.4. The van der Waals surface area contributed by atoms with Crippen LogP contribution in [0.4, 0.5) is 5.69 Å². The maximum Gasteiger partial charge on any atom is 0.252 e. The fourth-order valence-corrected chi connectivity index (χ4v) is 7.84. The van der Waals surface area contributed by atoms with E-state index >= 15 is 0 Å². The van der Waals surface area contributed by atoms with Gasteiger partial charge in [0.1, 0.15) is 0 Å². The highest BCUT2D eigenvalue weighted by Crippen LogP contribution is 2.41. The molecule has 28 heavy (non-hydrogen) atoms. The van der Waals surface area contributed by atoms with E-state index in [0.29, 0.717) is 5.17 Å². The van der Waals surface area contributed by atoms with Crippen LogP contribution in [0.15, 0.2) is 58.0 Å². The second-order valence-corrected chi connectivity index (χ2v) is 11.4. The number of amidine groups is 1. The molecule has 0 unspecified atom stereocenters. The van der Waals surface area contributed by atoms with Crippen LogP contribution in [-0.2, 0) is 21.1 Å². The van der Waals surface area contributed by atoms with Crippen molar-refractivity contribution in [3.63, 3.8) is 0 Å². The second-order valence-electron chi connectivity index (χ2n) is 7.10. The highest BCUT2D eigenvalue weighted by Gasteiger charge is 2.49. The Morgan fingerprint density at radius 3 is 2.68 bits per heavy atom. The van der Waals surface area contributed by atoms with Crippen molar-refractivity contribution in [3.8, 4) is 0 Å². The van der Waals surface area contributed by atoms with Crippen molar-refractivity contribution in [1.29, 1.82) is 0 Å². The number of benzene rings is 2. The summed E-state index contributed by atoms with van der Waals surface area (Å²) in [7, 11) is -3.08. The lowest BCUT2D eigenvalue weighted by Gasteiger charge is -2.24. The van der Waals surface area contributed by atoms with Crippen LogP contribution in [0.2, 0.25) is 0 Å². The Morgan fingerprint density at radius 2 is 1.96 bits per heavy atom. The Labute approximate surface area is 177 Å². The smallest absolute Gasteiger partial charge is 0.252 e. The van der Waals surface area contributed by atoms with Gasteiger partial charge in [0, 0.05) is 15.4 Å². The molecule has 0 aromatic heterocycles. The molecule has 0 radical (unpaired) electrons. The van der Waals surface area contributed by atoms with Crippen LogP contribution < -0.4 is 4.90 Å². The highest BCUT2D eigenvalue weighted by molar-refractivity contribution is 9.10. The number of amides is 1. The van der Waals surface area contributed by atoms with Crippen molar-refractivity contribution in [1.82, 2.24) is 0 Å². The first-order valence-electron chi connectivity index (χ1n) is 8.90. The summed E-state index contributed by atoms with van der Waals surface area (Å²) in [5, 5.41) is 0.481. The third kappa shape index (κ3) is 4.18. The molecule has 2 aliphatic rings. The molecule has 2 heterocycles. The zero-order chi connectivity index (χ0) is 19.9. The van der Waals surface area contributed by atoms with Gasteiger partial charge in [0.2, 0.25) is 0 Å². The molecule has 2 saturated heterocycles. The van der Waals surface area contributed by atoms with Crippen LogP contribution in [-0.4, -0.2) is 42.3 Å². The SMILES string of the molecule is Cc1ccc(CC(=O)N=C2S[C@@H]3CS(=O)(=O)C[C@H]3N2c2cccc(Br)c2)cc1. The molecule has 2 atom stereocenters. The van der Waals surface area contributed by atoms with Gasteiger partial charge < -0.3 is 4.90 Å². The monoisotopic (exact) mass is 478 g/mol. The van der Waals surface area contributed by atoms with Crippen LogP contribution in [0, 0.1) is 6.92 Å². The molecular weight excluding hydrogens is 460 g/mol. The predicted molar refractivity (Wildman–Crippen MR) is 118 cm³/mol. The average molecular weight is 479 g/mol. The number of rotatable bonds is 3. The van der Waals surface area contributed by atoms with Gasteiger partial charge in [-0.05, 0) is 30.7 Å². The maximum atomic E-state index is 12.6. The van der Waals surface area contributed by atoms with Gasteiger partial charge in [0.25, 0.3) is 5.91 Å². The number of halogens is 1. The molecule has 0 aliphatic carbocycles. The number of aryl methyl sites for hydroxylation is 1. The first-order chi connectivity index (χ1) is 13.3. The summed E-state index contributed by atoms with van der Waals surface area (Å²) in [4.78, 5) is 18.9. The number of aliphatic imine (C=N–C) groups is 1. The topological polar surface area (TPSA) is 66.8 Å². The molecule has 2 fully saturated rings. The normalized spacial score (nSPS) is 24.5. The number of carbonyl (C=O) groups is 1. The lowest BCUT2D eigenvalue weighted by Crippen LogP contribution is -2.37. The number of fused-ring (bicyclic) bond motifs is 1. The molecule has 8 heteroatoms. The molecule has 0 bridgehead atoms. The maximum absolute atomic E-state index is 12.6. The third-order valence-corrected chi connectivity index (χ3v) is 8.55. The number of hydrogen-bond acceptors (Lipinski definition) is 4. The zero-order valence-electron chi connectivity index (χ0n) is 15.2. The molecule has 5 nitrogen and oxygen atoms in total. The zero-order valence-corrected chi connectivity index (χ0v) is 18.4. The van der Waals surface area contributed by atoms with Gasteiger partial charge in [-0.3, -0.25) is 4.79 Å². The van der Waals surface area contributed by atoms with Gasteiger partial charge in [-0.15, -0.1) is 0 Å². The fraction of sp³-hybridized carbons (Fsp3) is 0.300. The van der Waals surface area contributed by atoms with E-state index in [-0.39, 0.29) is 35.1 Å². The molecule has 2 aromatic rings. The molecule has 0 N–H and O–H groups in total. The number of thioether (sulfide) groups is 1. The van der Waals surface area contributed by atoms with Crippen molar-refractivity contribution in [3.05, 3.63) is 64.1 Å². The van der Waals surface area contributed by atoms with E-state index in [4.69, 9.17) is 0 Å². The standard InChI is InChI=1S/C20H19BrN2O3S2/c1-13-5-7-14(8-6-13)9-19(24)22-20-23(16-4-2-3-15(21)10-16)17-11-28(25,26)12-18(17)27-20/h2-8,10,17-18H,9,11-12H2,1H3/t17-,18-/m1/s1. The van der Waals surface area contributed by atoms with Crippen LogP contribution in [0.25, 0.3) is 0 Å². The summed E-state index contributed by atoms with van der Waals surface area (Å²) in [6.07, 6.45) is 0.226. The van der Waals surface area contributed by atoms with Crippen LogP contribution in [0.1, 0.15) is 11.1 Å². The molecule has 0 spiro atoms. The predicted octanol–water partition coefficient (Wildman–Crippen LogP) is 3.60. The number of anilines is 1. The number of carbonyl (C=O) groups excluding carboxylic acids is 1. The Balaban J connectivity index is 1.63. The average Bonchev–Trinajstić information content (AvgIpc) is 3.07. The lowest BCUT2D eigenvalue weighted by molar-refractivity contribution is -0.117. The van der Waals surface area contributed by atoms with Crippen LogP contribution >= 0.6 is 27.7 Å². The van der Waals surface area contributed by atoms with Crippen LogP contribution in [0.3, 0.4) is 0 Å². The molecule has 0 saturated carbocycles. The Kier molecular flexibility index (Phi) is 5.37. The summed E-state index contributed by atoms with van der Waals surface area (Å²) in [6, 6.07) is 15.3. The Hall–Kier alpha value is -1.64. The van der Waals surface area contributed by atoms with Crippen molar-refractivity contribution < 1.29 is 13.2 Å². The molecule has 1 amide bonds. The van der Waals surface area contributed by atoms with E-state index in [0.717, 1.165) is 21.3 Å². The largest absolute Gasteiger partial charge is 0.316 e. The minimum atomic E-state index is -3.08. The summed E-state index contributed by atoms with van der Waals surface area (Å²) in [6.45, 7) is 2.00. The van der Waals surface area contributed by atoms with Gasteiger partial charge >= 0.3 is 0 Å². The van der Waals surface area contributed by atoms with E-state index in [9.17, 15) is 13.2 Å². The van der Waals surface area contributed by atoms with Crippen molar-refractivity contribution >= 4 is 54.3 Å². The molecular formula is C20H19BrN2O3S2. The minimum absolute atomic E-state index is 0.0857. The summed E-state index contributed by atoms with van der Waals surface area (Å²) >= 11 is 4.86. The minimum Gasteiger partial charge on any atom is -0.316 e. The van der Waals surface area contributed by atoms with Gasteiger partial charge in [-0.2, -0.15) is 4.99 Å². The fourth-order valence-electron chi connectivity index (χ4n) is 3.52. The number of nitrogens with zero attached hydrogens (tertiary/aromatic N) is 2. The van der Waals surface area contributed by atoms with Gasteiger partial charge in [0.15, 0.2) is 15.0 Å². The molecule has 2 aliphatic heterocycles. The summed E-state index contributed by atoms with van der Waals surface area (Å²) < 4.78 is 25.2. The lowest BCUT2D eigenvalue weighted by atomic mass is 10.1. The van der Waals surface area contributed by atoms with E-state index in [2.05, 4.69) is 20.9 Å². The number of sulfone groups is 1. The van der Waals surface area contributed by atoms with Crippen molar-refractivity contribution in [2.24, 2.45) is 4.99 Å². The van der Waals surface area contributed by atoms with Crippen molar-refractivity contribution in [2.45, 2.75) is 24.6 Å². The molecule has 2 aromatic carbocycles. The van der Waals surface area contributed by atoms with E-state index in [1.807, 2.05) is 60.4 Å². The summed E-state index contributed by atoms with van der Waals surface area (Å²) in [5.41, 5.74) is 2.90. The second kappa shape index (κ2) is 7.65. The van der Waals surface area contributed by atoms with Crippen molar-refractivity contribution in [2.75, 3.05) is 16.4 Å². The van der Waals surface area contributed by atoms with Gasteiger partial charge in [-0.1, -0.05) is 63.6 Å². The Bertz CT molecular complexity index is 1050. The third-order valence-electron chi connectivity index (χ3n) is 4.85. The Morgan fingerprint density at radius 1 is 1.21 bits per heavy atom. The van der Waals surface area contributed by atoms with Gasteiger partial charge in [0.05, 0.1) is 24.0 Å². The molecule has 146 valence electrons. The van der Waals surface area contributed by atoms with E-state index in [1.165, 1.54) is 11.8 Å². The quantitative estimate of drug-likeness (QED) is 0.673. The first kappa shape index (κ1) is 19.7. The van der Waals surface area contributed by atoms with E-state index in [1.54, 1.807) is 0 Å². The summed E-state index contributed by atoms with van der Waals surface area (Å²) in [5.74, 6) is -0.0189. The van der Waals surface area contributed by atoms with E-state index < -0.39 is 9.84 Å². The van der Waals surface area contributed by atoms with Crippen LogP contribution in [0.5, 0.6) is 0 Å². The highest BCUT2D eigenvalue weighted by atomic mass is 79.9. The van der Waals surface area contributed by atoms with Gasteiger partial charge in [-0.25, -0.2) is 8.42 Å². The molecule has 4 rings (SSSR count).